The van der Waals surface area contributed by atoms with Crippen LogP contribution in [0.2, 0.25) is 0 Å². The van der Waals surface area contributed by atoms with Crippen LogP contribution in [-0.2, 0) is 14.3 Å². The number of benzene rings is 3. The fraction of sp³-hybridized carbons (Fsp3) is 0.557. The highest BCUT2D eigenvalue weighted by Crippen LogP contribution is 2.40. The number of ether oxygens (including phenoxy) is 2. The Morgan fingerprint density at radius 2 is 0.920 bits per heavy atom. The van der Waals surface area contributed by atoms with Gasteiger partial charge in [0, 0.05) is 68.0 Å². The van der Waals surface area contributed by atoms with Crippen molar-refractivity contribution in [2.45, 2.75) is 129 Å². The highest BCUT2D eigenvalue weighted by molar-refractivity contribution is 5.69. The number of nitrogens with two attached hydrogens (primary N) is 1. The molecule has 3 heterocycles. The lowest BCUT2D eigenvalue weighted by atomic mass is 9.97. The van der Waals surface area contributed by atoms with Crippen molar-refractivity contribution in [3.05, 3.63) is 125 Å². The molecule has 3 saturated heterocycles. The largest absolute Gasteiger partial charge is 0.444 e. The number of likely N-dealkylation sites (tertiary alicyclic amines) is 2. The minimum Gasteiger partial charge on any atom is -0.444 e. The van der Waals surface area contributed by atoms with E-state index in [4.69, 9.17) is 15.2 Å². The Morgan fingerprint density at radius 3 is 1.27 bits per heavy atom. The molecule has 14 heteroatoms. The van der Waals surface area contributed by atoms with Gasteiger partial charge in [-0.3, -0.25) is 0 Å². The van der Waals surface area contributed by atoms with E-state index in [0.29, 0.717) is 25.0 Å². The van der Waals surface area contributed by atoms with Crippen molar-refractivity contribution >= 4 is 36.7 Å². The van der Waals surface area contributed by atoms with E-state index in [-0.39, 0.29) is 65.4 Å². The van der Waals surface area contributed by atoms with E-state index in [0.717, 1.165) is 113 Å². The summed E-state index contributed by atoms with van der Waals surface area (Å²) < 4.78 is 52.4. The van der Waals surface area contributed by atoms with Crippen LogP contribution >= 0.6 is 0 Å². The summed E-state index contributed by atoms with van der Waals surface area (Å²) in [5.74, 6) is 1.40. The minimum absolute atomic E-state index is 0.00654. The average Bonchev–Trinajstić information content (AvgIpc) is 4.32. The van der Waals surface area contributed by atoms with Crippen molar-refractivity contribution in [2.24, 2.45) is 41.2 Å². The van der Waals surface area contributed by atoms with Gasteiger partial charge in [-0.15, -0.1) is 0 Å². The van der Waals surface area contributed by atoms with Gasteiger partial charge in [0.15, 0.2) is 0 Å². The zero-order valence-electron chi connectivity index (χ0n) is 45.3. The molecule has 2 amide bonds. The predicted molar refractivity (Wildman–Crippen MR) is 295 cm³/mol. The van der Waals surface area contributed by atoms with Crippen LogP contribution in [0.25, 0.3) is 18.2 Å². The summed E-state index contributed by atoms with van der Waals surface area (Å²) in [6.45, 7) is 18.1. The molecule has 5 N–H and O–H groups in total. The van der Waals surface area contributed by atoms with Crippen molar-refractivity contribution < 1.29 is 37.0 Å². The summed E-state index contributed by atoms with van der Waals surface area (Å²) in [5, 5.41) is 10.4. The number of carbonyl (C=O) groups is 3. The third-order valence-corrected chi connectivity index (χ3v) is 14.2. The standard InChI is InChI=1S/C22H31FN2O2.C17H23FN2.C11H12FN.C11H19NO3/c1-22(2,3)27-21(26)25-11-9-17(10-12-25)15-24-20-14-18(20)19(23)13-16-7-5-4-6-8-16;18-16(10-13-4-2-1-3-5-13)15-11-17(15)20-12-14-6-8-19-9-7-14;12-10(9-7-11(9)13)6-8-4-2-1-3-5-8;1-11(2,3)15-10(14)12-6-4-9(8-13)5-7-12/h4-8,13,17-18,20,24H,9-12,14-15H2,1-3H3;1-5,10,14-15,17,19-20H,6-9,11-12H2;1-6,9,11H,7,13H2;8-9H,4-7H2,1-3H3/b19-13-;16-10-;10-6-;. The Balaban J connectivity index is 0.000000169. The molecule has 0 bridgehead atoms. The molecule has 11 nitrogen and oxygen atoms in total. The molecule has 0 spiro atoms. The number of nitrogens with one attached hydrogen (secondary N) is 3. The first-order valence-corrected chi connectivity index (χ1v) is 27.4. The third kappa shape index (κ3) is 21.7. The maximum Gasteiger partial charge on any atom is 0.410 e. The summed E-state index contributed by atoms with van der Waals surface area (Å²) in [7, 11) is 0. The van der Waals surface area contributed by atoms with Crippen LogP contribution in [0.5, 0.6) is 0 Å². The van der Waals surface area contributed by atoms with Gasteiger partial charge in [-0.2, -0.15) is 0 Å². The summed E-state index contributed by atoms with van der Waals surface area (Å²) in [5.41, 5.74) is 7.41. The van der Waals surface area contributed by atoms with Crippen LogP contribution < -0.4 is 21.7 Å². The van der Waals surface area contributed by atoms with E-state index in [1.165, 1.54) is 12.8 Å². The molecule has 6 unspecified atom stereocenters. The van der Waals surface area contributed by atoms with Gasteiger partial charge in [-0.25, -0.2) is 22.8 Å². The third-order valence-electron chi connectivity index (χ3n) is 14.2. The zero-order chi connectivity index (χ0) is 54.0. The Bertz CT molecular complexity index is 2300. The van der Waals surface area contributed by atoms with Gasteiger partial charge in [0.1, 0.15) is 35.0 Å². The van der Waals surface area contributed by atoms with Crippen molar-refractivity contribution in [3.63, 3.8) is 0 Å². The van der Waals surface area contributed by atoms with E-state index in [1.807, 2.05) is 133 Å². The molecule has 0 radical (unpaired) electrons. The Hall–Kier alpha value is -5.28. The molecule has 6 fully saturated rings. The lowest BCUT2D eigenvalue weighted by Crippen LogP contribution is -2.43. The topological polar surface area (TPSA) is 138 Å². The van der Waals surface area contributed by atoms with Gasteiger partial charge in [-0.1, -0.05) is 91.0 Å². The number of carbonyl (C=O) groups excluding carboxylic acids is 3. The number of hydrogen-bond donors (Lipinski definition) is 4. The number of rotatable bonds is 13. The normalized spacial score (nSPS) is 24.5. The highest BCUT2D eigenvalue weighted by atomic mass is 19.1. The number of piperidine rings is 3. The predicted octanol–water partition coefficient (Wildman–Crippen LogP) is 11.8. The molecule has 410 valence electrons. The average molecular weight is 1040 g/mol. The van der Waals surface area contributed by atoms with Crippen molar-refractivity contribution in [1.82, 2.24) is 25.8 Å². The van der Waals surface area contributed by atoms with E-state index >= 15 is 0 Å². The number of hydrogen-bond acceptors (Lipinski definition) is 9. The highest BCUT2D eigenvalue weighted by Gasteiger charge is 2.42. The first kappa shape index (κ1) is 59.0. The Kier molecular flexibility index (Phi) is 22.6. The van der Waals surface area contributed by atoms with Gasteiger partial charge < -0.3 is 45.8 Å². The maximum absolute atomic E-state index is 14.3. The lowest BCUT2D eigenvalue weighted by Gasteiger charge is -2.33. The Labute approximate surface area is 445 Å². The number of amides is 2. The monoisotopic (exact) mass is 1040 g/mol. The second kappa shape index (κ2) is 28.7. The van der Waals surface area contributed by atoms with Gasteiger partial charge in [0.2, 0.25) is 0 Å². The van der Waals surface area contributed by atoms with Crippen molar-refractivity contribution in [3.8, 4) is 0 Å². The molecule has 6 aliphatic rings. The van der Waals surface area contributed by atoms with Crippen LogP contribution in [0.4, 0.5) is 22.8 Å². The molecule has 75 heavy (non-hydrogen) atoms. The van der Waals surface area contributed by atoms with Gasteiger partial charge in [0.05, 0.1) is 0 Å². The molecular formula is C61H85F3N6O5. The molecule has 0 aromatic heterocycles. The van der Waals surface area contributed by atoms with Gasteiger partial charge in [-0.05, 0) is 172 Å². The van der Waals surface area contributed by atoms with Crippen molar-refractivity contribution in [1.29, 1.82) is 0 Å². The molecular weight excluding hydrogens is 954 g/mol. The van der Waals surface area contributed by atoms with Crippen LogP contribution in [0.3, 0.4) is 0 Å². The minimum atomic E-state index is -0.451. The summed E-state index contributed by atoms with van der Waals surface area (Å²) in [6, 6.07) is 29.5. The Morgan fingerprint density at radius 1 is 0.573 bits per heavy atom. The second-order valence-electron chi connectivity index (χ2n) is 23.1. The number of nitrogens with zero attached hydrogens (tertiary/aromatic N) is 2. The SMILES string of the molecule is CC(C)(C)OC(=O)N1CCC(C=O)CC1.CC(C)(C)OC(=O)N1CCC(CNC2CC2/C(F)=C/c2ccccc2)CC1.F/C(=C\c1ccccc1)C1CC1NCC1CCNCC1.NC1CC1/C(F)=C/c1ccccc1. The fourth-order valence-electron chi connectivity index (χ4n) is 9.34. The summed E-state index contributed by atoms with van der Waals surface area (Å²) in [6.07, 6.45) is 13.9. The van der Waals surface area contributed by atoms with E-state index in [9.17, 15) is 27.6 Å². The maximum atomic E-state index is 14.3. The van der Waals surface area contributed by atoms with Gasteiger partial charge in [0.25, 0.3) is 0 Å². The van der Waals surface area contributed by atoms with E-state index in [2.05, 4.69) is 16.0 Å². The van der Waals surface area contributed by atoms with Crippen LogP contribution in [0, 0.1) is 35.5 Å². The summed E-state index contributed by atoms with van der Waals surface area (Å²) in [4.78, 5) is 37.7. The molecule has 6 atom stereocenters. The van der Waals surface area contributed by atoms with Crippen LogP contribution in [0.1, 0.15) is 116 Å². The second-order valence-corrected chi connectivity index (χ2v) is 23.1. The quantitative estimate of drug-likeness (QED) is 0.123. The van der Waals surface area contributed by atoms with E-state index < -0.39 is 11.2 Å². The first-order valence-electron chi connectivity index (χ1n) is 27.4. The fourth-order valence-corrected chi connectivity index (χ4v) is 9.34. The molecule has 3 aliphatic heterocycles. The smallest absolute Gasteiger partial charge is 0.410 e. The number of aldehydes is 1. The molecule has 3 aromatic carbocycles. The lowest BCUT2D eigenvalue weighted by molar-refractivity contribution is -0.112. The molecule has 3 aromatic rings. The van der Waals surface area contributed by atoms with Gasteiger partial charge >= 0.3 is 12.2 Å². The zero-order valence-corrected chi connectivity index (χ0v) is 45.3. The molecule has 9 rings (SSSR count). The van der Waals surface area contributed by atoms with Crippen LogP contribution in [0.15, 0.2) is 108 Å². The van der Waals surface area contributed by atoms with Crippen molar-refractivity contribution in [2.75, 3.05) is 52.4 Å². The van der Waals surface area contributed by atoms with E-state index in [1.54, 1.807) is 28.0 Å². The molecule has 3 saturated carbocycles. The first-order chi connectivity index (χ1) is 35.8. The van der Waals surface area contributed by atoms with Crippen LogP contribution in [-0.4, -0.2) is 110 Å². The molecule has 3 aliphatic carbocycles. The number of halogens is 3. The summed E-state index contributed by atoms with van der Waals surface area (Å²) >= 11 is 0.